The predicted octanol–water partition coefficient (Wildman–Crippen LogP) is 2.12. The van der Waals surface area contributed by atoms with E-state index in [1.165, 1.54) is 7.11 Å². The second-order valence-corrected chi connectivity index (χ2v) is 4.42. The van der Waals surface area contributed by atoms with Gasteiger partial charge in [0, 0.05) is 14.2 Å². The summed E-state index contributed by atoms with van der Waals surface area (Å²) in [5.74, 6) is -0.0732. The topological polar surface area (TPSA) is 44.8 Å². The lowest BCUT2D eigenvalue weighted by Gasteiger charge is -2.27. The molecule has 4 nitrogen and oxygen atoms in total. The molecule has 0 amide bonds. The average Bonchev–Trinajstić information content (AvgIpc) is 2.79. The van der Waals surface area contributed by atoms with Crippen LogP contribution in [-0.2, 0) is 19.0 Å². The molecular weight excluding hydrogens is 208 g/mol. The Labute approximate surface area is 97.2 Å². The second-order valence-electron chi connectivity index (χ2n) is 4.42. The highest BCUT2D eigenvalue weighted by Crippen LogP contribution is 2.43. The monoisotopic (exact) mass is 230 g/mol. The SMILES string of the molecule is COC(=O)C1(CCC(OC)OC)CCCC1. The van der Waals surface area contributed by atoms with Gasteiger partial charge >= 0.3 is 5.97 Å². The number of hydrogen-bond donors (Lipinski definition) is 0. The highest BCUT2D eigenvalue weighted by molar-refractivity contribution is 5.77. The number of esters is 1. The number of ether oxygens (including phenoxy) is 3. The van der Waals surface area contributed by atoms with Gasteiger partial charge < -0.3 is 14.2 Å². The van der Waals surface area contributed by atoms with Crippen LogP contribution in [-0.4, -0.2) is 33.6 Å². The van der Waals surface area contributed by atoms with E-state index < -0.39 is 0 Å². The molecule has 1 fully saturated rings. The number of methoxy groups -OCH3 is 3. The molecule has 0 aromatic carbocycles. The van der Waals surface area contributed by atoms with Crippen molar-refractivity contribution in [2.24, 2.45) is 5.41 Å². The maximum Gasteiger partial charge on any atom is 0.311 e. The standard InChI is InChI=1S/C12H22O4/c1-14-10(15-2)6-9-12(11(13)16-3)7-4-5-8-12/h10H,4-9H2,1-3H3. The molecule has 1 rings (SSSR count). The van der Waals surface area contributed by atoms with Crippen molar-refractivity contribution < 1.29 is 19.0 Å². The quantitative estimate of drug-likeness (QED) is 0.518. The summed E-state index contributed by atoms with van der Waals surface area (Å²) in [6.07, 6.45) is 5.38. The van der Waals surface area contributed by atoms with Crippen molar-refractivity contribution in [2.75, 3.05) is 21.3 Å². The van der Waals surface area contributed by atoms with Crippen LogP contribution in [0.15, 0.2) is 0 Å². The van der Waals surface area contributed by atoms with Crippen LogP contribution < -0.4 is 0 Å². The Bertz CT molecular complexity index is 217. The Morgan fingerprint density at radius 2 is 1.75 bits per heavy atom. The summed E-state index contributed by atoms with van der Waals surface area (Å²) in [7, 11) is 4.70. The highest BCUT2D eigenvalue weighted by Gasteiger charge is 2.42. The predicted molar refractivity (Wildman–Crippen MR) is 60.0 cm³/mol. The molecule has 0 radical (unpaired) electrons. The maximum atomic E-state index is 11.8. The number of carbonyl (C=O) groups excluding carboxylic acids is 1. The van der Waals surface area contributed by atoms with Crippen molar-refractivity contribution in [2.45, 2.75) is 44.8 Å². The van der Waals surface area contributed by atoms with Gasteiger partial charge in [-0.05, 0) is 25.7 Å². The van der Waals surface area contributed by atoms with E-state index in [2.05, 4.69) is 0 Å². The lowest BCUT2D eigenvalue weighted by Crippen LogP contribution is -2.31. The summed E-state index contributed by atoms with van der Waals surface area (Å²) >= 11 is 0. The molecule has 1 aliphatic rings. The lowest BCUT2D eigenvalue weighted by atomic mass is 9.81. The van der Waals surface area contributed by atoms with E-state index in [9.17, 15) is 4.79 Å². The Balaban J connectivity index is 2.54. The molecule has 0 heterocycles. The molecule has 0 N–H and O–H groups in total. The van der Waals surface area contributed by atoms with Crippen LogP contribution in [0.1, 0.15) is 38.5 Å². The van der Waals surface area contributed by atoms with Gasteiger partial charge in [-0.2, -0.15) is 0 Å². The largest absolute Gasteiger partial charge is 0.469 e. The minimum absolute atomic E-state index is 0.0732. The van der Waals surface area contributed by atoms with Crippen molar-refractivity contribution in [3.63, 3.8) is 0 Å². The maximum absolute atomic E-state index is 11.8. The van der Waals surface area contributed by atoms with Crippen LogP contribution in [0.25, 0.3) is 0 Å². The molecule has 0 aromatic heterocycles. The Kier molecular flexibility index (Phi) is 5.22. The molecule has 16 heavy (non-hydrogen) atoms. The molecule has 0 saturated heterocycles. The highest BCUT2D eigenvalue weighted by atomic mass is 16.7. The van der Waals surface area contributed by atoms with E-state index in [1.54, 1.807) is 14.2 Å². The van der Waals surface area contributed by atoms with E-state index >= 15 is 0 Å². The first-order valence-electron chi connectivity index (χ1n) is 5.82. The normalized spacial score (nSPS) is 19.0. The number of carbonyl (C=O) groups is 1. The third-order valence-electron chi connectivity index (χ3n) is 3.56. The zero-order valence-electron chi connectivity index (χ0n) is 10.5. The summed E-state index contributed by atoms with van der Waals surface area (Å²) in [6, 6.07) is 0. The Morgan fingerprint density at radius 3 is 2.19 bits per heavy atom. The fourth-order valence-corrected chi connectivity index (χ4v) is 2.55. The fraction of sp³-hybridized carbons (Fsp3) is 0.917. The first-order valence-corrected chi connectivity index (χ1v) is 5.82. The molecule has 0 unspecified atom stereocenters. The van der Waals surface area contributed by atoms with Gasteiger partial charge in [-0.25, -0.2) is 0 Å². The van der Waals surface area contributed by atoms with Crippen LogP contribution in [0.5, 0.6) is 0 Å². The molecule has 0 atom stereocenters. The van der Waals surface area contributed by atoms with Gasteiger partial charge in [0.25, 0.3) is 0 Å². The van der Waals surface area contributed by atoms with Crippen LogP contribution in [0.3, 0.4) is 0 Å². The third kappa shape index (κ3) is 2.95. The third-order valence-corrected chi connectivity index (χ3v) is 3.56. The first kappa shape index (κ1) is 13.5. The second kappa shape index (κ2) is 6.21. The lowest BCUT2D eigenvalue weighted by molar-refractivity contribution is -0.155. The van der Waals surface area contributed by atoms with Gasteiger partial charge in [0.2, 0.25) is 0 Å². The van der Waals surface area contributed by atoms with Gasteiger partial charge in [0.05, 0.1) is 12.5 Å². The minimum atomic E-state index is -0.288. The molecule has 0 aliphatic heterocycles. The summed E-state index contributed by atoms with van der Waals surface area (Å²) < 4.78 is 15.2. The summed E-state index contributed by atoms with van der Waals surface area (Å²) in [4.78, 5) is 11.8. The van der Waals surface area contributed by atoms with Crippen LogP contribution in [0, 0.1) is 5.41 Å². The van der Waals surface area contributed by atoms with Crippen molar-refractivity contribution >= 4 is 5.97 Å². The van der Waals surface area contributed by atoms with Gasteiger partial charge in [-0.1, -0.05) is 12.8 Å². The summed E-state index contributed by atoms with van der Waals surface area (Å²) in [5.41, 5.74) is -0.288. The van der Waals surface area contributed by atoms with Gasteiger partial charge in [0.1, 0.15) is 0 Å². The number of hydrogen-bond acceptors (Lipinski definition) is 4. The van der Waals surface area contributed by atoms with E-state index in [0.29, 0.717) is 0 Å². The molecule has 1 aliphatic carbocycles. The molecule has 4 heteroatoms. The zero-order valence-corrected chi connectivity index (χ0v) is 10.5. The molecule has 0 spiro atoms. The van der Waals surface area contributed by atoms with Crippen LogP contribution in [0.2, 0.25) is 0 Å². The van der Waals surface area contributed by atoms with E-state index in [-0.39, 0.29) is 17.7 Å². The van der Waals surface area contributed by atoms with Gasteiger partial charge in [-0.3, -0.25) is 4.79 Å². The molecule has 0 aromatic rings. The van der Waals surface area contributed by atoms with Gasteiger partial charge in [0.15, 0.2) is 6.29 Å². The van der Waals surface area contributed by atoms with E-state index in [0.717, 1.165) is 38.5 Å². The molecule has 1 saturated carbocycles. The molecule has 94 valence electrons. The van der Waals surface area contributed by atoms with Crippen LogP contribution in [0.4, 0.5) is 0 Å². The van der Waals surface area contributed by atoms with Crippen molar-refractivity contribution in [1.82, 2.24) is 0 Å². The summed E-state index contributed by atoms with van der Waals surface area (Å²) in [5, 5.41) is 0. The summed E-state index contributed by atoms with van der Waals surface area (Å²) in [6.45, 7) is 0. The Hall–Kier alpha value is -0.610. The minimum Gasteiger partial charge on any atom is -0.469 e. The zero-order chi connectivity index (χ0) is 12.0. The smallest absolute Gasteiger partial charge is 0.311 e. The van der Waals surface area contributed by atoms with Crippen molar-refractivity contribution in [3.8, 4) is 0 Å². The van der Waals surface area contributed by atoms with Crippen molar-refractivity contribution in [1.29, 1.82) is 0 Å². The average molecular weight is 230 g/mol. The fourth-order valence-electron chi connectivity index (χ4n) is 2.55. The van der Waals surface area contributed by atoms with Gasteiger partial charge in [-0.15, -0.1) is 0 Å². The number of rotatable bonds is 6. The van der Waals surface area contributed by atoms with E-state index in [4.69, 9.17) is 14.2 Å². The molecule has 0 bridgehead atoms. The Morgan fingerprint density at radius 1 is 1.19 bits per heavy atom. The molecular formula is C12H22O4. The van der Waals surface area contributed by atoms with Crippen LogP contribution >= 0.6 is 0 Å². The first-order chi connectivity index (χ1) is 7.68. The van der Waals surface area contributed by atoms with Crippen molar-refractivity contribution in [3.05, 3.63) is 0 Å². The van der Waals surface area contributed by atoms with E-state index in [1.807, 2.05) is 0 Å².